The molecule has 1 aromatic heterocycles. The molecule has 2 N–H and O–H groups in total. The van der Waals surface area contributed by atoms with E-state index in [4.69, 9.17) is 4.74 Å². The van der Waals surface area contributed by atoms with E-state index in [9.17, 15) is 0 Å². The van der Waals surface area contributed by atoms with E-state index >= 15 is 0 Å². The maximum Gasteiger partial charge on any atom is 0.237 e. The van der Waals surface area contributed by atoms with Gasteiger partial charge in [-0.15, -0.1) is 0 Å². The lowest BCUT2D eigenvalue weighted by Crippen LogP contribution is -2.23. The van der Waals surface area contributed by atoms with Gasteiger partial charge in [0.25, 0.3) is 0 Å². The Morgan fingerprint density at radius 1 is 1.56 bits per heavy atom. The minimum atomic E-state index is 0.150. The number of pyridine rings is 1. The van der Waals surface area contributed by atoms with Crippen molar-refractivity contribution in [3.05, 3.63) is 18.3 Å². The van der Waals surface area contributed by atoms with Gasteiger partial charge in [-0.3, -0.25) is 0 Å². The number of anilines is 1. The first-order chi connectivity index (χ1) is 7.75. The average molecular weight is 221 g/mol. The van der Waals surface area contributed by atoms with Crippen molar-refractivity contribution in [3.63, 3.8) is 0 Å². The minimum absolute atomic E-state index is 0.150. The van der Waals surface area contributed by atoms with E-state index in [1.54, 1.807) is 6.20 Å². The van der Waals surface area contributed by atoms with Crippen LogP contribution in [0.25, 0.3) is 0 Å². The van der Waals surface area contributed by atoms with Crippen molar-refractivity contribution >= 4 is 5.69 Å². The summed E-state index contributed by atoms with van der Waals surface area (Å²) in [7, 11) is 0. The number of rotatable bonds is 4. The van der Waals surface area contributed by atoms with Crippen LogP contribution in [0.4, 0.5) is 5.69 Å². The Balaban J connectivity index is 2.06. The Kier molecular flexibility index (Phi) is 3.62. The molecule has 4 nitrogen and oxygen atoms in total. The summed E-state index contributed by atoms with van der Waals surface area (Å²) in [6.07, 6.45) is 3.06. The molecule has 1 aliphatic rings. The highest BCUT2D eigenvalue weighted by atomic mass is 16.5. The molecule has 4 heteroatoms. The Labute approximate surface area is 96.4 Å². The Morgan fingerprint density at radius 2 is 2.44 bits per heavy atom. The number of hydrogen-bond donors (Lipinski definition) is 2. The highest BCUT2D eigenvalue weighted by Gasteiger charge is 2.16. The number of ether oxygens (including phenoxy) is 1. The molecule has 88 valence electrons. The largest absolute Gasteiger partial charge is 0.473 e. The molecule has 1 unspecified atom stereocenters. The molecule has 16 heavy (non-hydrogen) atoms. The molecular weight excluding hydrogens is 202 g/mol. The third-order valence-corrected chi connectivity index (χ3v) is 2.54. The average Bonchev–Trinajstić information content (AvgIpc) is 2.73. The summed E-state index contributed by atoms with van der Waals surface area (Å²) in [6.45, 7) is 6.11. The molecule has 0 aliphatic carbocycles. The normalized spacial score (nSPS) is 20.1. The molecule has 1 saturated heterocycles. The molecule has 1 aliphatic heterocycles. The quantitative estimate of drug-likeness (QED) is 0.811. The standard InChI is InChI=1S/C12H19N3O/c1-9(2)16-12-11(4-3-6-14-12)15-10-5-7-13-8-10/h3-4,6,9-10,13,15H,5,7-8H2,1-2H3. The predicted molar refractivity (Wildman–Crippen MR) is 64.9 cm³/mol. The Morgan fingerprint density at radius 3 is 3.12 bits per heavy atom. The second-order valence-corrected chi connectivity index (χ2v) is 4.36. The maximum atomic E-state index is 5.66. The lowest BCUT2D eigenvalue weighted by molar-refractivity contribution is 0.234. The third-order valence-electron chi connectivity index (χ3n) is 2.54. The van der Waals surface area contributed by atoms with Gasteiger partial charge in [0.1, 0.15) is 0 Å². The van der Waals surface area contributed by atoms with Crippen molar-refractivity contribution in [3.8, 4) is 5.88 Å². The van der Waals surface area contributed by atoms with Gasteiger partial charge in [-0.2, -0.15) is 0 Å². The van der Waals surface area contributed by atoms with Gasteiger partial charge >= 0.3 is 0 Å². The van der Waals surface area contributed by atoms with Gasteiger partial charge < -0.3 is 15.4 Å². The number of nitrogens with one attached hydrogen (secondary N) is 2. The lowest BCUT2D eigenvalue weighted by Gasteiger charge is -2.17. The summed E-state index contributed by atoms with van der Waals surface area (Å²) in [5.74, 6) is 0.699. The molecular formula is C12H19N3O. The summed E-state index contributed by atoms with van der Waals surface area (Å²) >= 11 is 0. The first-order valence-corrected chi connectivity index (χ1v) is 5.84. The number of aromatic nitrogens is 1. The van der Waals surface area contributed by atoms with E-state index in [0.29, 0.717) is 11.9 Å². The summed E-state index contributed by atoms with van der Waals surface area (Å²) in [6, 6.07) is 4.43. The van der Waals surface area contributed by atoms with E-state index in [-0.39, 0.29) is 6.10 Å². The van der Waals surface area contributed by atoms with Crippen molar-refractivity contribution < 1.29 is 4.74 Å². The predicted octanol–water partition coefficient (Wildman–Crippen LogP) is 1.64. The van der Waals surface area contributed by atoms with Gasteiger partial charge in [-0.1, -0.05) is 0 Å². The Bertz CT molecular complexity index is 335. The smallest absolute Gasteiger partial charge is 0.237 e. The first-order valence-electron chi connectivity index (χ1n) is 5.84. The van der Waals surface area contributed by atoms with Crippen LogP contribution < -0.4 is 15.4 Å². The monoisotopic (exact) mass is 221 g/mol. The molecule has 0 amide bonds. The van der Waals surface area contributed by atoms with Crippen molar-refractivity contribution in [1.29, 1.82) is 0 Å². The SMILES string of the molecule is CC(C)Oc1ncccc1NC1CCNC1. The van der Waals surface area contributed by atoms with Gasteiger partial charge in [0, 0.05) is 18.8 Å². The topological polar surface area (TPSA) is 46.2 Å². The van der Waals surface area contributed by atoms with E-state index in [0.717, 1.165) is 25.2 Å². The molecule has 2 rings (SSSR count). The van der Waals surface area contributed by atoms with Gasteiger partial charge in [-0.25, -0.2) is 4.98 Å². The Hall–Kier alpha value is -1.29. The highest BCUT2D eigenvalue weighted by Crippen LogP contribution is 2.23. The molecule has 0 aromatic carbocycles. The van der Waals surface area contributed by atoms with E-state index in [1.165, 1.54) is 0 Å². The van der Waals surface area contributed by atoms with Crippen LogP contribution in [0.2, 0.25) is 0 Å². The molecule has 0 bridgehead atoms. The zero-order chi connectivity index (χ0) is 11.4. The van der Waals surface area contributed by atoms with E-state index in [2.05, 4.69) is 15.6 Å². The fourth-order valence-electron chi connectivity index (χ4n) is 1.82. The summed E-state index contributed by atoms with van der Waals surface area (Å²) in [5.41, 5.74) is 0.991. The molecule has 0 radical (unpaired) electrons. The summed E-state index contributed by atoms with van der Waals surface area (Å²) in [5, 5.41) is 6.79. The van der Waals surface area contributed by atoms with Crippen LogP contribution in [-0.2, 0) is 0 Å². The van der Waals surface area contributed by atoms with Crippen molar-refractivity contribution in [1.82, 2.24) is 10.3 Å². The van der Waals surface area contributed by atoms with E-state index < -0.39 is 0 Å². The van der Waals surface area contributed by atoms with Crippen molar-refractivity contribution in [2.75, 3.05) is 18.4 Å². The minimum Gasteiger partial charge on any atom is -0.473 e. The summed E-state index contributed by atoms with van der Waals surface area (Å²) < 4.78 is 5.66. The van der Waals surface area contributed by atoms with Crippen LogP contribution in [0.1, 0.15) is 20.3 Å². The van der Waals surface area contributed by atoms with Gasteiger partial charge in [0.2, 0.25) is 5.88 Å². The maximum absolute atomic E-state index is 5.66. The number of nitrogens with zero attached hydrogens (tertiary/aromatic N) is 1. The van der Waals surface area contributed by atoms with Crippen LogP contribution in [0.5, 0.6) is 5.88 Å². The molecule has 0 saturated carbocycles. The van der Waals surface area contributed by atoms with Crippen molar-refractivity contribution in [2.24, 2.45) is 0 Å². The highest BCUT2D eigenvalue weighted by molar-refractivity contribution is 5.53. The van der Waals surface area contributed by atoms with Crippen LogP contribution in [0, 0.1) is 0 Å². The molecule has 0 spiro atoms. The van der Waals surface area contributed by atoms with Gasteiger partial charge in [-0.05, 0) is 38.9 Å². The number of hydrogen-bond acceptors (Lipinski definition) is 4. The van der Waals surface area contributed by atoms with Gasteiger partial charge in [0.15, 0.2) is 0 Å². The molecule has 1 aromatic rings. The first kappa shape index (κ1) is 11.2. The lowest BCUT2D eigenvalue weighted by atomic mass is 10.2. The van der Waals surface area contributed by atoms with Gasteiger partial charge in [0.05, 0.1) is 11.8 Å². The third kappa shape index (κ3) is 2.85. The van der Waals surface area contributed by atoms with Crippen LogP contribution in [0.3, 0.4) is 0 Å². The second-order valence-electron chi connectivity index (χ2n) is 4.36. The van der Waals surface area contributed by atoms with Crippen LogP contribution in [-0.4, -0.2) is 30.2 Å². The zero-order valence-electron chi connectivity index (χ0n) is 9.86. The van der Waals surface area contributed by atoms with Crippen LogP contribution >= 0.6 is 0 Å². The zero-order valence-corrected chi connectivity index (χ0v) is 9.86. The molecule has 1 fully saturated rings. The van der Waals surface area contributed by atoms with Crippen LogP contribution in [0.15, 0.2) is 18.3 Å². The second kappa shape index (κ2) is 5.16. The molecule has 1 atom stereocenters. The fraction of sp³-hybridized carbons (Fsp3) is 0.583. The fourth-order valence-corrected chi connectivity index (χ4v) is 1.82. The molecule has 2 heterocycles. The van der Waals surface area contributed by atoms with E-state index in [1.807, 2.05) is 26.0 Å². The summed E-state index contributed by atoms with van der Waals surface area (Å²) in [4.78, 5) is 4.26. The van der Waals surface area contributed by atoms with Crippen molar-refractivity contribution in [2.45, 2.75) is 32.4 Å².